The van der Waals surface area contributed by atoms with Crippen molar-refractivity contribution >= 4 is 11.5 Å². The Morgan fingerprint density at radius 1 is 1.14 bits per heavy atom. The van der Waals surface area contributed by atoms with E-state index < -0.39 is 0 Å². The van der Waals surface area contributed by atoms with E-state index in [1.54, 1.807) is 0 Å². The molecule has 2 aromatic heterocycles. The van der Waals surface area contributed by atoms with Crippen molar-refractivity contribution in [1.82, 2.24) is 14.2 Å². The fraction of sp³-hybridized carbons (Fsp3) is 0.647. The molecule has 2 aromatic rings. The largest absolute Gasteiger partial charge is 0.271 e. The first-order chi connectivity index (χ1) is 10.1. The Hall–Kier alpha value is -1.16. The fourth-order valence-corrected chi connectivity index (χ4v) is 3.72. The van der Waals surface area contributed by atoms with Crippen LogP contribution in [0.15, 0.2) is 17.5 Å². The van der Waals surface area contributed by atoms with E-state index in [2.05, 4.69) is 42.9 Å². The van der Waals surface area contributed by atoms with E-state index in [1.165, 1.54) is 55.8 Å². The molecule has 0 aromatic carbocycles. The van der Waals surface area contributed by atoms with E-state index in [1.807, 2.05) is 11.4 Å². The van der Waals surface area contributed by atoms with Crippen molar-refractivity contribution in [2.75, 3.05) is 0 Å². The highest BCUT2D eigenvalue weighted by Crippen LogP contribution is 2.36. The molecule has 0 saturated heterocycles. The van der Waals surface area contributed by atoms with Gasteiger partial charge in [-0.3, -0.25) is 4.68 Å². The zero-order valence-electron chi connectivity index (χ0n) is 13.7. The van der Waals surface area contributed by atoms with Crippen LogP contribution in [0.1, 0.15) is 65.0 Å². The molecule has 0 aliphatic carbocycles. The summed E-state index contributed by atoms with van der Waals surface area (Å²) >= 11 is 1.48. The molecule has 0 N–H and O–H groups in total. The molecule has 2 heterocycles. The number of hydrogen-bond acceptors (Lipinski definition) is 3. The summed E-state index contributed by atoms with van der Waals surface area (Å²) < 4.78 is 6.48. The Morgan fingerprint density at radius 2 is 1.95 bits per heavy atom. The van der Waals surface area contributed by atoms with Crippen LogP contribution in [0.25, 0.3) is 11.4 Å². The lowest BCUT2D eigenvalue weighted by atomic mass is 9.77. The van der Waals surface area contributed by atoms with Gasteiger partial charge in [0.25, 0.3) is 0 Å². The van der Waals surface area contributed by atoms with Crippen LogP contribution in [0, 0.1) is 0 Å². The van der Waals surface area contributed by atoms with Gasteiger partial charge < -0.3 is 0 Å². The number of hydrogen-bond donors (Lipinski definition) is 0. The molecule has 2 rings (SSSR count). The summed E-state index contributed by atoms with van der Waals surface area (Å²) in [6.07, 6.45) is 7.55. The summed E-state index contributed by atoms with van der Waals surface area (Å²) in [6.45, 7) is 6.94. The van der Waals surface area contributed by atoms with Crippen molar-refractivity contribution in [2.24, 2.45) is 7.05 Å². The van der Waals surface area contributed by atoms with E-state index in [9.17, 15) is 0 Å². The van der Waals surface area contributed by atoms with Gasteiger partial charge in [-0.2, -0.15) is 9.47 Å². The summed E-state index contributed by atoms with van der Waals surface area (Å²) in [6, 6.07) is 4.29. The van der Waals surface area contributed by atoms with Crippen molar-refractivity contribution in [3.63, 3.8) is 0 Å². The molecule has 0 spiro atoms. The van der Waals surface area contributed by atoms with Gasteiger partial charge in [0.15, 0.2) is 0 Å². The number of unbranched alkanes of at least 4 members (excludes halogenated alkanes) is 2. The summed E-state index contributed by atoms with van der Waals surface area (Å²) in [4.78, 5) is 0. The molecule has 4 heteroatoms. The van der Waals surface area contributed by atoms with E-state index in [0.29, 0.717) is 0 Å². The molecule has 0 amide bonds. The summed E-state index contributed by atoms with van der Waals surface area (Å²) in [5.74, 6) is 0. The lowest BCUT2D eigenvalue weighted by Gasteiger charge is -2.29. The van der Waals surface area contributed by atoms with Crippen LogP contribution in [0.5, 0.6) is 0 Å². The first-order valence-corrected chi connectivity index (χ1v) is 8.89. The topological polar surface area (TPSA) is 30.7 Å². The maximum atomic E-state index is 4.69. The molecule has 0 bridgehead atoms. The van der Waals surface area contributed by atoms with E-state index >= 15 is 0 Å². The van der Waals surface area contributed by atoms with Crippen molar-refractivity contribution in [3.05, 3.63) is 23.2 Å². The van der Waals surface area contributed by atoms with Gasteiger partial charge in [-0.25, -0.2) is 0 Å². The Kier molecular flexibility index (Phi) is 5.57. The first-order valence-electron chi connectivity index (χ1n) is 8.06. The standard InChI is InChI=1S/C17H27N3S/c1-5-7-8-11-17(3,10-6-2)16-13-15(18-20(16)4)14-9-12-21-19-14/h9,12-13H,5-8,10-11H2,1-4H3. The van der Waals surface area contributed by atoms with Crippen molar-refractivity contribution in [1.29, 1.82) is 0 Å². The SMILES string of the molecule is CCCCCC(C)(CCC)c1cc(-c2ccsn2)nn1C. The summed E-state index contributed by atoms with van der Waals surface area (Å²) in [7, 11) is 2.07. The average molecular weight is 305 g/mol. The molecule has 3 nitrogen and oxygen atoms in total. The molecule has 21 heavy (non-hydrogen) atoms. The molecular weight excluding hydrogens is 278 g/mol. The van der Waals surface area contributed by atoms with Gasteiger partial charge in [0.2, 0.25) is 0 Å². The van der Waals surface area contributed by atoms with Gasteiger partial charge in [0, 0.05) is 23.5 Å². The molecule has 0 radical (unpaired) electrons. The van der Waals surface area contributed by atoms with Crippen LogP contribution in [-0.4, -0.2) is 14.2 Å². The number of aromatic nitrogens is 3. The van der Waals surface area contributed by atoms with Crippen LogP contribution in [0.2, 0.25) is 0 Å². The molecule has 1 unspecified atom stereocenters. The van der Waals surface area contributed by atoms with Crippen LogP contribution in [-0.2, 0) is 12.5 Å². The van der Waals surface area contributed by atoms with Crippen LogP contribution in [0.3, 0.4) is 0 Å². The minimum absolute atomic E-state index is 0.222. The Labute approximate surface area is 132 Å². The second-order valence-electron chi connectivity index (χ2n) is 6.19. The zero-order valence-corrected chi connectivity index (χ0v) is 14.5. The highest BCUT2D eigenvalue weighted by molar-refractivity contribution is 7.03. The summed E-state index contributed by atoms with van der Waals surface area (Å²) in [5.41, 5.74) is 3.57. The average Bonchev–Trinajstić information content (AvgIpc) is 3.08. The highest BCUT2D eigenvalue weighted by Gasteiger charge is 2.29. The molecule has 0 saturated carbocycles. The number of nitrogens with zero attached hydrogens (tertiary/aromatic N) is 3. The monoisotopic (exact) mass is 305 g/mol. The van der Waals surface area contributed by atoms with Gasteiger partial charge in [-0.05, 0) is 36.5 Å². The van der Waals surface area contributed by atoms with Gasteiger partial charge in [0.05, 0.1) is 0 Å². The van der Waals surface area contributed by atoms with E-state index in [0.717, 1.165) is 11.4 Å². The fourth-order valence-electron chi connectivity index (χ4n) is 3.20. The minimum Gasteiger partial charge on any atom is -0.271 e. The number of rotatable bonds is 8. The third-order valence-electron chi connectivity index (χ3n) is 4.33. The molecule has 1 atom stereocenters. The number of aryl methyl sites for hydroxylation is 1. The molecular formula is C17H27N3S. The molecule has 116 valence electrons. The van der Waals surface area contributed by atoms with Crippen LogP contribution >= 0.6 is 11.5 Å². The van der Waals surface area contributed by atoms with E-state index in [-0.39, 0.29) is 5.41 Å². The van der Waals surface area contributed by atoms with Crippen molar-refractivity contribution < 1.29 is 0 Å². The summed E-state index contributed by atoms with van der Waals surface area (Å²) in [5, 5.41) is 6.70. The predicted octanol–water partition coefficient (Wildman–Crippen LogP) is 5.18. The maximum Gasteiger partial charge on any atom is 0.112 e. The van der Waals surface area contributed by atoms with Gasteiger partial charge in [-0.15, -0.1) is 0 Å². The predicted molar refractivity (Wildman–Crippen MR) is 90.7 cm³/mol. The third kappa shape index (κ3) is 3.73. The Bertz CT molecular complexity index is 544. The normalized spacial score (nSPS) is 14.3. The first kappa shape index (κ1) is 16.2. The van der Waals surface area contributed by atoms with Gasteiger partial charge in [0.1, 0.15) is 11.4 Å². The lowest BCUT2D eigenvalue weighted by Crippen LogP contribution is -2.25. The van der Waals surface area contributed by atoms with Gasteiger partial charge in [-0.1, -0.05) is 46.5 Å². The maximum absolute atomic E-state index is 4.69. The second kappa shape index (κ2) is 7.21. The van der Waals surface area contributed by atoms with E-state index in [4.69, 9.17) is 5.10 Å². The Morgan fingerprint density at radius 3 is 2.57 bits per heavy atom. The quantitative estimate of drug-likeness (QED) is 0.629. The van der Waals surface area contributed by atoms with Crippen molar-refractivity contribution in [2.45, 2.75) is 64.7 Å². The minimum atomic E-state index is 0.222. The Balaban J connectivity index is 2.27. The second-order valence-corrected chi connectivity index (χ2v) is 6.86. The van der Waals surface area contributed by atoms with Gasteiger partial charge >= 0.3 is 0 Å². The zero-order chi connectivity index (χ0) is 15.3. The molecule has 0 fully saturated rings. The molecule has 0 aliphatic heterocycles. The smallest absolute Gasteiger partial charge is 0.112 e. The highest BCUT2D eigenvalue weighted by atomic mass is 32.1. The van der Waals surface area contributed by atoms with Crippen LogP contribution in [0.4, 0.5) is 0 Å². The van der Waals surface area contributed by atoms with Crippen LogP contribution < -0.4 is 0 Å². The lowest BCUT2D eigenvalue weighted by molar-refractivity contribution is 0.355. The van der Waals surface area contributed by atoms with Crippen molar-refractivity contribution in [3.8, 4) is 11.4 Å². The third-order valence-corrected chi connectivity index (χ3v) is 4.89. The molecule has 0 aliphatic rings.